The van der Waals surface area contributed by atoms with Crippen LogP contribution < -0.4 is 4.74 Å². The molecule has 0 aliphatic heterocycles. The van der Waals surface area contributed by atoms with Gasteiger partial charge in [0, 0.05) is 5.56 Å². The molecule has 0 atom stereocenters. The Kier molecular flexibility index (Phi) is 3.46. The van der Waals surface area contributed by atoms with E-state index in [1.807, 2.05) is 0 Å². The number of alkyl halides is 5. The van der Waals surface area contributed by atoms with E-state index >= 15 is 0 Å². The number of ether oxygens (including phenoxy) is 1. The van der Waals surface area contributed by atoms with E-state index in [1.54, 1.807) is 0 Å². The van der Waals surface area contributed by atoms with Crippen molar-refractivity contribution in [3.05, 3.63) is 29.3 Å². The van der Waals surface area contributed by atoms with E-state index in [1.165, 1.54) is 0 Å². The summed E-state index contributed by atoms with van der Waals surface area (Å²) in [5.74, 6) is -1.01. The van der Waals surface area contributed by atoms with Crippen LogP contribution in [0.15, 0.2) is 18.2 Å². The fraction of sp³-hybridized carbons (Fsp3) is 0.222. The average Bonchev–Trinajstić information content (AvgIpc) is 2.15. The summed E-state index contributed by atoms with van der Waals surface area (Å²) in [5.41, 5.74) is -1.12. The zero-order chi connectivity index (χ0) is 12.3. The molecule has 1 rings (SSSR count). The van der Waals surface area contributed by atoms with Crippen molar-refractivity contribution in [1.82, 2.24) is 0 Å². The third kappa shape index (κ3) is 3.18. The second-order valence-corrected chi connectivity index (χ2v) is 2.76. The van der Waals surface area contributed by atoms with Gasteiger partial charge in [0.25, 0.3) is 6.43 Å². The van der Waals surface area contributed by atoms with Crippen molar-refractivity contribution in [2.75, 3.05) is 0 Å². The van der Waals surface area contributed by atoms with Crippen LogP contribution >= 0.6 is 0 Å². The summed E-state index contributed by atoms with van der Waals surface area (Å²) < 4.78 is 63.6. The van der Waals surface area contributed by atoms with E-state index in [4.69, 9.17) is 0 Å². The molecule has 0 fully saturated rings. The minimum Gasteiger partial charge on any atom is -0.405 e. The van der Waals surface area contributed by atoms with E-state index in [0.717, 1.165) is 6.07 Å². The summed E-state index contributed by atoms with van der Waals surface area (Å²) >= 11 is 0. The van der Waals surface area contributed by atoms with Gasteiger partial charge < -0.3 is 4.74 Å². The first kappa shape index (κ1) is 12.4. The summed E-state index contributed by atoms with van der Waals surface area (Å²) in [6.07, 6.45) is -7.95. The van der Waals surface area contributed by atoms with Crippen LogP contribution in [0.1, 0.15) is 22.3 Å². The van der Waals surface area contributed by atoms with Crippen LogP contribution in [0.4, 0.5) is 22.0 Å². The van der Waals surface area contributed by atoms with Crippen LogP contribution in [-0.4, -0.2) is 12.6 Å². The van der Waals surface area contributed by atoms with Gasteiger partial charge in [0.2, 0.25) is 0 Å². The number of hydrogen-bond donors (Lipinski definition) is 0. The van der Waals surface area contributed by atoms with Crippen LogP contribution in [0.2, 0.25) is 0 Å². The molecule has 1 aromatic rings. The molecule has 0 unspecified atom stereocenters. The highest BCUT2D eigenvalue weighted by atomic mass is 19.4. The molecule has 0 radical (unpaired) electrons. The van der Waals surface area contributed by atoms with Gasteiger partial charge in [-0.15, -0.1) is 13.2 Å². The van der Waals surface area contributed by atoms with Crippen molar-refractivity contribution in [2.45, 2.75) is 12.8 Å². The lowest BCUT2D eigenvalue weighted by Gasteiger charge is -2.12. The highest BCUT2D eigenvalue weighted by molar-refractivity contribution is 5.75. The molecular formula is C9H5F5O2. The Bertz CT molecular complexity index is 386. The van der Waals surface area contributed by atoms with Crippen LogP contribution in [0.25, 0.3) is 0 Å². The number of benzene rings is 1. The second kappa shape index (κ2) is 4.46. The number of carbonyl (C=O) groups is 1. The van der Waals surface area contributed by atoms with Gasteiger partial charge in [0.1, 0.15) is 12.0 Å². The van der Waals surface area contributed by atoms with Crippen molar-refractivity contribution >= 4 is 6.29 Å². The lowest BCUT2D eigenvalue weighted by molar-refractivity contribution is -0.275. The van der Waals surface area contributed by atoms with Crippen LogP contribution in [-0.2, 0) is 0 Å². The predicted octanol–water partition coefficient (Wildman–Crippen LogP) is 3.34. The van der Waals surface area contributed by atoms with Gasteiger partial charge in [-0.1, -0.05) is 0 Å². The molecule has 16 heavy (non-hydrogen) atoms. The van der Waals surface area contributed by atoms with Crippen molar-refractivity contribution in [3.63, 3.8) is 0 Å². The van der Waals surface area contributed by atoms with Crippen LogP contribution in [0.3, 0.4) is 0 Å². The van der Waals surface area contributed by atoms with Gasteiger partial charge in [-0.3, -0.25) is 4.79 Å². The number of aldehydes is 1. The third-order valence-electron chi connectivity index (χ3n) is 1.63. The fourth-order valence-corrected chi connectivity index (χ4v) is 1.03. The molecule has 0 bridgehead atoms. The first-order chi connectivity index (χ1) is 7.33. The van der Waals surface area contributed by atoms with E-state index in [9.17, 15) is 26.7 Å². The molecule has 0 amide bonds. The maximum Gasteiger partial charge on any atom is 0.573 e. The first-order valence-electron chi connectivity index (χ1n) is 3.96. The minimum absolute atomic E-state index is 0.148. The zero-order valence-electron chi connectivity index (χ0n) is 7.59. The molecule has 1 aromatic carbocycles. The van der Waals surface area contributed by atoms with Crippen molar-refractivity contribution in [2.24, 2.45) is 0 Å². The molecule has 0 heterocycles. The van der Waals surface area contributed by atoms with E-state index in [2.05, 4.69) is 4.74 Å². The van der Waals surface area contributed by atoms with Crippen molar-refractivity contribution in [1.29, 1.82) is 0 Å². The van der Waals surface area contributed by atoms with Gasteiger partial charge in [-0.2, -0.15) is 0 Å². The quantitative estimate of drug-likeness (QED) is 0.598. The Hall–Kier alpha value is -1.66. The van der Waals surface area contributed by atoms with Crippen molar-refractivity contribution < 1.29 is 31.5 Å². The highest BCUT2D eigenvalue weighted by Crippen LogP contribution is 2.33. The number of rotatable bonds is 3. The van der Waals surface area contributed by atoms with Gasteiger partial charge in [-0.25, -0.2) is 8.78 Å². The zero-order valence-corrected chi connectivity index (χ0v) is 7.59. The molecular weight excluding hydrogens is 235 g/mol. The Morgan fingerprint density at radius 1 is 1.25 bits per heavy atom. The van der Waals surface area contributed by atoms with Crippen molar-refractivity contribution in [3.8, 4) is 5.75 Å². The monoisotopic (exact) mass is 240 g/mol. The smallest absolute Gasteiger partial charge is 0.405 e. The molecule has 7 heteroatoms. The standard InChI is InChI=1S/C9H5F5O2/c10-8(11)6-3-5(4-15)1-2-7(6)16-9(12,13)14/h1-4,8H. The Balaban J connectivity index is 3.13. The largest absolute Gasteiger partial charge is 0.573 e. The summed E-state index contributed by atoms with van der Waals surface area (Å²) in [4.78, 5) is 10.3. The SMILES string of the molecule is O=Cc1ccc(OC(F)(F)F)c(C(F)F)c1. The Labute approximate surface area is 86.6 Å². The first-order valence-corrected chi connectivity index (χ1v) is 3.96. The summed E-state index contributed by atoms with van der Waals surface area (Å²) in [6, 6.07) is 2.29. The molecule has 0 aliphatic carbocycles. The maximum atomic E-state index is 12.4. The average molecular weight is 240 g/mol. The van der Waals surface area contributed by atoms with E-state index in [-0.39, 0.29) is 11.8 Å². The number of carbonyl (C=O) groups excluding carboxylic acids is 1. The van der Waals surface area contributed by atoms with Crippen LogP contribution in [0, 0.1) is 0 Å². The highest BCUT2D eigenvalue weighted by Gasteiger charge is 2.33. The second-order valence-electron chi connectivity index (χ2n) is 2.76. The molecule has 0 saturated heterocycles. The van der Waals surface area contributed by atoms with Crippen LogP contribution in [0.5, 0.6) is 5.75 Å². The maximum absolute atomic E-state index is 12.4. The lowest BCUT2D eigenvalue weighted by atomic mass is 10.1. The van der Waals surface area contributed by atoms with E-state index in [0.29, 0.717) is 12.1 Å². The topological polar surface area (TPSA) is 26.3 Å². The number of halogens is 5. The Morgan fingerprint density at radius 2 is 1.88 bits per heavy atom. The Morgan fingerprint density at radius 3 is 2.31 bits per heavy atom. The van der Waals surface area contributed by atoms with Gasteiger partial charge in [-0.05, 0) is 18.2 Å². The predicted molar refractivity (Wildman–Crippen MR) is 43.5 cm³/mol. The fourth-order valence-electron chi connectivity index (χ4n) is 1.03. The molecule has 2 nitrogen and oxygen atoms in total. The molecule has 88 valence electrons. The van der Waals surface area contributed by atoms with Gasteiger partial charge in [0.15, 0.2) is 0 Å². The lowest BCUT2D eigenvalue weighted by Crippen LogP contribution is -2.18. The molecule has 0 aromatic heterocycles. The normalized spacial score (nSPS) is 11.6. The number of hydrogen-bond acceptors (Lipinski definition) is 2. The third-order valence-corrected chi connectivity index (χ3v) is 1.63. The summed E-state index contributed by atoms with van der Waals surface area (Å²) in [6.45, 7) is 0. The van der Waals surface area contributed by atoms with E-state index < -0.39 is 24.1 Å². The summed E-state index contributed by atoms with van der Waals surface area (Å²) in [5, 5.41) is 0. The van der Waals surface area contributed by atoms with Gasteiger partial charge in [0.05, 0.1) is 5.56 Å². The van der Waals surface area contributed by atoms with Gasteiger partial charge >= 0.3 is 6.36 Å². The molecule has 0 N–H and O–H groups in total. The molecule has 0 spiro atoms. The summed E-state index contributed by atoms with van der Waals surface area (Å²) in [7, 11) is 0. The molecule has 0 aliphatic rings. The molecule has 0 saturated carbocycles. The minimum atomic E-state index is -5.05.